The van der Waals surface area contributed by atoms with Crippen molar-refractivity contribution < 1.29 is 14.3 Å². The van der Waals surface area contributed by atoms with E-state index < -0.39 is 5.97 Å². The third-order valence-corrected chi connectivity index (χ3v) is 3.57. The maximum Gasteiger partial charge on any atom is 0.350 e. The molecule has 1 aromatic carbocycles. The van der Waals surface area contributed by atoms with E-state index in [4.69, 9.17) is 4.74 Å². The molecule has 0 radical (unpaired) electrons. The molecule has 0 bridgehead atoms. The van der Waals surface area contributed by atoms with Gasteiger partial charge in [-0.05, 0) is 19.1 Å². The highest BCUT2D eigenvalue weighted by Gasteiger charge is 2.18. The first-order chi connectivity index (χ1) is 8.17. The topological polar surface area (TPSA) is 55.4 Å². The number of rotatable bonds is 3. The second kappa shape index (κ2) is 4.55. The standard InChI is InChI=1S/C12H11NO3S/c1-7-3-4-9-8(5-7)10(13-6-14)11(17-9)12(15)16-2/h3-6H,1-2H3,(H,13,14). The van der Waals surface area contributed by atoms with Crippen molar-refractivity contribution in [3.8, 4) is 0 Å². The average molecular weight is 249 g/mol. The lowest BCUT2D eigenvalue weighted by Crippen LogP contribution is -2.03. The van der Waals surface area contributed by atoms with E-state index in [0.29, 0.717) is 17.0 Å². The smallest absolute Gasteiger partial charge is 0.350 e. The number of nitrogens with one attached hydrogen (secondary N) is 1. The van der Waals surface area contributed by atoms with Crippen LogP contribution in [-0.4, -0.2) is 19.5 Å². The Balaban J connectivity index is 2.70. The molecule has 0 unspecified atom stereocenters. The highest BCUT2D eigenvalue weighted by atomic mass is 32.1. The van der Waals surface area contributed by atoms with Crippen LogP contribution in [0.2, 0.25) is 0 Å². The van der Waals surface area contributed by atoms with E-state index >= 15 is 0 Å². The lowest BCUT2D eigenvalue weighted by Gasteiger charge is -2.01. The van der Waals surface area contributed by atoms with E-state index in [2.05, 4.69) is 5.32 Å². The van der Waals surface area contributed by atoms with E-state index in [1.54, 1.807) is 0 Å². The first kappa shape index (κ1) is 11.6. The van der Waals surface area contributed by atoms with Crippen molar-refractivity contribution in [2.45, 2.75) is 6.92 Å². The van der Waals surface area contributed by atoms with E-state index in [9.17, 15) is 9.59 Å². The number of thiophene rings is 1. The SMILES string of the molecule is COC(=O)c1sc2ccc(C)cc2c1NC=O. The van der Waals surface area contributed by atoms with Crippen LogP contribution in [0.4, 0.5) is 5.69 Å². The molecule has 17 heavy (non-hydrogen) atoms. The predicted molar refractivity (Wildman–Crippen MR) is 67.6 cm³/mol. The molecule has 1 heterocycles. The van der Waals surface area contributed by atoms with Gasteiger partial charge in [-0.15, -0.1) is 11.3 Å². The largest absolute Gasteiger partial charge is 0.465 e. The zero-order valence-corrected chi connectivity index (χ0v) is 10.3. The van der Waals surface area contributed by atoms with Crippen molar-refractivity contribution in [3.63, 3.8) is 0 Å². The maximum absolute atomic E-state index is 11.6. The fourth-order valence-corrected chi connectivity index (χ4v) is 2.71. The van der Waals surface area contributed by atoms with Crippen LogP contribution in [0.5, 0.6) is 0 Å². The number of aryl methyl sites for hydroxylation is 1. The van der Waals surface area contributed by atoms with Gasteiger partial charge in [0.1, 0.15) is 4.88 Å². The van der Waals surface area contributed by atoms with Gasteiger partial charge in [-0.3, -0.25) is 4.79 Å². The van der Waals surface area contributed by atoms with E-state index in [0.717, 1.165) is 15.6 Å². The van der Waals surface area contributed by atoms with Crippen molar-refractivity contribution in [3.05, 3.63) is 28.6 Å². The van der Waals surface area contributed by atoms with Crippen LogP contribution in [0.25, 0.3) is 10.1 Å². The Bertz CT molecular complexity index is 589. The monoisotopic (exact) mass is 249 g/mol. The summed E-state index contributed by atoms with van der Waals surface area (Å²) in [7, 11) is 1.32. The van der Waals surface area contributed by atoms with Gasteiger partial charge in [-0.1, -0.05) is 11.6 Å². The lowest BCUT2D eigenvalue weighted by molar-refractivity contribution is -0.105. The fraction of sp³-hybridized carbons (Fsp3) is 0.167. The number of esters is 1. The molecule has 88 valence electrons. The number of fused-ring (bicyclic) bond motifs is 1. The van der Waals surface area contributed by atoms with Crippen molar-refractivity contribution in [1.29, 1.82) is 0 Å². The second-order valence-corrected chi connectivity index (χ2v) is 4.61. The van der Waals surface area contributed by atoms with Gasteiger partial charge in [0.2, 0.25) is 6.41 Å². The minimum Gasteiger partial charge on any atom is -0.465 e. The molecule has 0 atom stereocenters. The Morgan fingerprint density at radius 1 is 1.47 bits per heavy atom. The minimum absolute atomic E-state index is 0.417. The van der Waals surface area contributed by atoms with Crippen LogP contribution in [0.15, 0.2) is 18.2 Å². The molecule has 4 nitrogen and oxygen atoms in total. The van der Waals surface area contributed by atoms with Gasteiger partial charge in [0.15, 0.2) is 0 Å². The Kier molecular flexibility index (Phi) is 3.10. The summed E-state index contributed by atoms with van der Waals surface area (Å²) in [6.45, 7) is 1.96. The number of ether oxygens (including phenoxy) is 1. The summed E-state index contributed by atoms with van der Waals surface area (Å²) in [6, 6.07) is 5.83. The molecule has 0 saturated heterocycles. The Morgan fingerprint density at radius 2 is 2.24 bits per heavy atom. The number of hydrogen-bond donors (Lipinski definition) is 1. The van der Waals surface area contributed by atoms with Crippen molar-refractivity contribution in [1.82, 2.24) is 0 Å². The van der Waals surface area contributed by atoms with Crippen LogP contribution >= 0.6 is 11.3 Å². The number of carbonyl (C=O) groups is 2. The molecule has 0 fully saturated rings. The number of carbonyl (C=O) groups excluding carboxylic acids is 2. The van der Waals surface area contributed by atoms with Crippen molar-refractivity contribution in [2.75, 3.05) is 12.4 Å². The predicted octanol–water partition coefficient (Wildman–Crippen LogP) is 2.56. The van der Waals surface area contributed by atoms with Crippen LogP contribution < -0.4 is 5.32 Å². The zero-order valence-electron chi connectivity index (χ0n) is 9.44. The van der Waals surface area contributed by atoms with E-state index in [1.807, 2.05) is 25.1 Å². The van der Waals surface area contributed by atoms with Gasteiger partial charge in [0, 0.05) is 10.1 Å². The average Bonchev–Trinajstić information content (AvgIpc) is 2.67. The summed E-state index contributed by atoms with van der Waals surface area (Å²) in [4.78, 5) is 22.6. The van der Waals surface area contributed by atoms with E-state index in [-0.39, 0.29) is 0 Å². The minimum atomic E-state index is -0.437. The summed E-state index contributed by atoms with van der Waals surface area (Å²) in [5.74, 6) is -0.437. The number of anilines is 1. The Hall–Kier alpha value is -1.88. The molecule has 1 amide bonds. The highest BCUT2D eigenvalue weighted by molar-refractivity contribution is 7.21. The maximum atomic E-state index is 11.6. The summed E-state index contributed by atoms with van der Waals surface area (Å²) in [5.41, 5.74) is 1.59. The first-order valence-corrected chi connectivity index (χ1v) is 5.80. The van der Waals surface area contributed by atoms with Gasteiger partial charge in [0.05, 0.1) is 12.8 Å². The van der Waals surface area contributed by atoms with Crippen LogP contribution in [-0.2, 0) is 9.53 Å². The quantitative estimate of drug-likeness (QED) is 0.672. The summed E-state index contributed by atoms with van der Waals surface area (Å²) >= 11 is 1.31. The molecule has 1 N–H and O–H groups in total. The van der Waals surface area contributed by atoms with Gasteiger partial charge in [-0.25, -0.2) is 4.79 Å². The molecule has 0 spiro atoms. The zero-order chi connectivity index (χ0) is 12.4. The highest BCUT2D eigenvalue weighted by Crippen LogP contribution is 2.36. The third-order valence-electron chi connectivity index (χ3n) is 2.42. The molecular weight excluding hydrogens is 238 g/mol. The lowest BCUT2D eigenvalue weighted by atomic mass is 10.1. The molecular formula is C12H11NO3S. The summed E-state index contributed by atoms with van der Waals surface area (Å²) in [5, 5.41) is 3.43. The number of methoxy groups -OCH3 is 1. The second-order valence-electron chi connectivity index (χ2n) is 3.56. The van der Waals surface area contributed by atoms with Gasteiger partial charge >= 0.3 is 5.97 Å². The van der Waals surface area contributed by atoms with Crippen molar-refractivity contribution >= 4 is 39.5 Å². The molecule has 0 aliphatic heterocycles. The third kappa shape index (κ3) is 2.01. The molecule has 0 saturated carbocycles. The van der Waals surface area contributed by atoms with Gasteiger partial charge < -0.3 is 10.1 Å². The summed E-state index contributed by atoms with van der Waals surface area (Å²) in [6.07, 6.45) is 0.566. The van der Waals surface area contributed by atoms with Crippen LogP contribution in [0, 0.1) is 6.92 Å². The van der Waals surface area contributed by atoms with Gasteiger partial charge in [-0.2, -0.15) is 0 Å². The van der Waals surface area contributed by atoms with E-state index in [1.165, 1.54) is 18.4 Å². The molecule has 2 aromatic rings. The Morgan fingerprint density at radius 3 is 2.88 bits per heavy atom. The number of hydrogen-bond acceptors (Lipinski definition) is 4. The normalized spacial score (nSPS) is 10.2. The first-order valence-electron chi connectivity index (χ1n) is 4.99. The molecule has 2 rings (SSSR count). The Labute approximate surface area is 102 Å². The number of amides is 1. The van der Waals surface area contributed by atoms with Crippen LogP contribution in [0.3, 0.4) is 0 Å². The van der Waals surface area contributed by atoms with Crippen LogP contribution in [0.1, 0.15) is 15.2 Å². The molecule has 1 aromatic heterocycles. The molecule has 5 heteroatoms. The molecule has 0 aliphatic rings. The molecule has 0 aliphatic carbocycles. The van der Waals surface area contributed by atoms with Gasteiger partial charge in [0.25, 0.3) is 0 Å². The van der Waals surface area contributed by atoms with Crippen molar-refractivity contribution in [2.24, 2.45) is 0 Å². The summed E-state index contributed by atoms with van der Waals surface area (Å²) < 4.78 is 5.64. The number of benzene rings is 1. The fourth-order valence-electron chi connectivity index (χ4n) is 1.65.